The van der Waals surface area contributed by atoms with Crippen LogP contribution in [0.2, 0.25) is 0 Å². The van der Waals surface area contributed by atoms with Crippen LogP contribution in [0.15, 0.2) is 12.1 Å². The number of amides is 2. The van der Waals surface area contributed by atoms with Gasteiger partial charge in [-0.2, -0.15) is 0 Å². The molecule has 2 heterocycles. The van der Waals surface area contributed by atoms with Crippen molar-refractivity contribution in [2.45, 2.75) is 12.8 Å². The van der Waals surface area contributed by atoms with Crippen LogP contribution in [-0.4, -0.2) is 51.8 Å². The lowest BCUT2D eigenvalue weighted by atomic mass is 9.97. The maximum atomic E-state index is 11.8. The lowest BCUT2D eigenvalue weighted by Crippen LogP contribution is -2.41. The first-order chi connectivity index (χ1) is 9.56. The normalized spacial score (nSPS) is 15.9. The van der Waals surface area contributed by atoms with E-state index in [1.165, 1.54) is 17.0 Å². The minimum Gasteiger partial charge on any atom is -0.465 e. The maximum absolute atomic E-state index is 11.8. The van der Waals surface area contributed by atoms with Gasteiger partial charge in [0.25, 0.3) is 5.91 Å². The van der Waals surface area contributed by atoms with Gasteiger partial charge in [0.05, 0.1) is 0 Å². The largest absolute Gasteiger partial charge is 0.465 e. The molecule has 0 saturated carbocycles. The van der Waals surface area contributed by atoms with Gasteiger partial charge < -0.3 is 21.1 Å². The van der Waals surface area contributed by atoms with Crippen molar-refractivity contribution >= 4 is 17.8 Å². The Morgan fingerprint density at radius 2 is 2.05 bits per heavy atom. The van der Waals surface area contributed by atoms with E-state index in [9.17, 15) is 9.59 Å². The van der Waals surface area contributed by atoms with Crippen LogP contribution in [-0.2, 0) is 0 Å². The van der Waals surface area contributed by atoms with E-state index in [1.54, 1.807) is 0 Å². The van der Waals surface area contributed by atoms with E-state index in [-0.39, 0.29) is 23.3 Å². The molecule has 8 nitrogen and oxygen atoms in total. The number of likely N-dealkylation sites (tertiary alicyclic amines) is 1. The van der Waals surface area contributed by atoms with E-state index in [0.717, 1.165) is 12.8 Å². The zero-order valence-electron chi connectivity index (χ0n) is 11.0. The molecule has 1 aliphatic heterocycles. The van der Waals surface area contributed by atoms with Crippen molar-refractivity contribution in [1.82, 2.24) is 20.4 Å². The van der Waals surface area contributed by atoms with Crippen molar-refractivity contribution in [1.29, 1.82) is 0 Å². The highest BCUT2D eigenvalue weighted by molar-refractivity contribution is 5.92. The summed E-state index contributed by atoms with van der Waals surface area (Å²) in [5.74, 6) is 0.261. The second kappa shape index (κ2) is 6.18. The average molecular weight is 279 g/mol. The number of nitrogen functional groups attached to an aromatic ring is 1. The number of carbonyl (C=O) groups is 2. The Bertz CT molecular complexity index is 482. The first-order valence-electron chi connectivity index (χ1n) is 6.41. The summed E-state index contributed by atoms with van der Waals surface area (Å²) in [5.41, 5.74) is 5.62. The highest BCUT2D eigenvalue weighted by Crippen LogP contribution is 2.16. The number of anilines is 1. The summed E-state index contributed by atoms with van der Waals surface area (Å²) in [6.45, 7) is 1.54. The lowest BCUT2D eigenvalue weighted by molar-refractivity contribution is 0.0923. The molecule has 108 valence electrons. The molecule has 1 aliphatic rings. The molecule has 1 saturated heterocycles. The second-order valence-electron chi connectivity index (χ2n) is 4.77. The standard InChI is InChI=1S/C12H17N5O3/c13-10-2-1-9(15-16-10)11(18)14-7-8-3-5-17(6-4-8)12(19)20/h1-2,8H,3-7H2,(H2,13,16)(H,14,18)(H,19,20). The van der Waals surface area contributed by atoms with E-state index in [0.29, 0.717) is 19.6 Å². The summed E-state index contributed by atoms with van der Waals surface area (Å²) in [6.07, 6.45) is 0.615. The van der Waals surface area contributed by atoms with Crippen molar-refractivity contribution in [3.8, 4) is 0 Å². The van der Waals surface area contributed by atoms with E-state index in [1.807, 2.05) is 0 Å². The summed E-state index contributed by atoms with van der Waals surface area (Å²) in [6, 6.07) is 3.04. The predicted octanol–water partition coefficient (Wildman–Crippen LogP) is 0.179. The van der Waals surface area contributed by atoms with Crippen molar-refractivity contribution < 1.29 is 14.7 Å². The van der Waals surface area contributed by atoms with Gasteiger partial charge in [-0.05, 0) is 30.9 Å². The third-order valence-electron chi connectivity index (χ3n) is 3.35. The van der Waals surface area contributed by atoms with Crippen LogP contribution in [0, 0.1) is 5.92 Å². The molecule has 1 aromatic rings. The molecule has 0 spiro atoms. The van der Waals surface area contributed by atoms with Crippen LogP contribution in [0.4, 0.5) is 10.6 Å². The van der Waals surface area contributed by atoms with Crippen LogP contribution in [0.5, 0.6) is 0 Å². The Balaban J connectivity index is 1.77. The van der Waals surface area contributed by atoms with Gasteiger partial charge in [0.1, 0.15) is 5.82 Å². The van der Waals surface area contributed by atoms with Crippen LogP contribution < -0.4 is 11.1 Å². The number of hydrogen-bond donors (Lipinski definition) is 3. The Morgan fingerprint density at radius 3 is 2.60 bits per heavy atom. The smallest absolute Gasteiger partial charge is 0.407 e. The third kappa shape index (κ3) is 3.56. The molecular weight excluding hydrogens is 262 g/mol. The van der Waals surface area contributed by atoms with Crippen molar-refractivity contribution in [2.24, 2.45) is 5.92 Å². The van der Waals surface area contributed by atoms with Crippen LogP contribution in [0.1, 0.15) is 23.3 Å². The van der Waals surface area contributed by atoms with E-state index in [4.69, 9.17) is 10.8 Å². The highest BCUT2D eigenvalue weighted by atomic mass is 16.4. The fourth-order valence-corrected chi connectivity index (χ4v) is 2.12. The number of rotatable bonds is 3. The number of hydrogen-bond acceptors (Lipinski definition) is 5. The molecule has 0 aliphatic carbocycles. The van der Waals surface area contributed by atoms with Gasteiger partial charge in [-0.1, -0.05) is 0 Å². The van der Waals surface area contributed by atoms with E-state index >= 15 is 0 Å². The fourth-order valence-electron chi connectivity index (χ4n) is 2.12. The number of nitrogens with two attached hydrogens (primary N) is 1. The first kappa shape index (κ1) is 14.0. The summed E-state index contributed by atoms with van der Waals surface area (Å²) in [5, 5.41) is 19.0. The predicted molar refractivity (Wildman–Crippen MR) is 71.1 cm³/mol. The quantitative estimate of drug-likeness (QED) is 0.725. The molecule has 2 rings (SSSR count). The van der Waals surface area contributed by atoms with Gasteiger partial charge in [0.2, 0.25) is 0 Å². The van der Waals surface area contributed by atoms with E-state index < -0.39 is 6.09 Å². The molecule has 4 N–H and O–H groups in total. The van der Waals surface area contributed by atoms with Crippen molar-refractivity contribution in [3.05, 3.63) is 17.8 Å². The molecule has 0 radical (unpaired) electrons. The third-order valence-corrected chi connectivity index (χ3v) is 3.35. The number of carbonyl (C=O) groups excluding carboxylic acids is 1. The molecular formula is C12H17N5O3. The Morgan fingerprint density at radius 1 is 1.35 bits per heavy atom. The van der Waals surface area contributed by atoms with Crippen LogP contribution in [0.25, 0.3) is 0 Å². The number of nitrogens with zero attached hydrogens (tertiary/aromatic N) is 3. The highest BCUT2D eigenvalue weighted by Gasteiger charge is 2.22. The molecule has 1 fully saturated rings. The van der Waals surface area contributed by atoms with E-state index in [2.05, 4.69) is 15.5 Å². The summed E-state index contributed by atoms with van der Waals surface area (Å²) in [4.78, 5) is 24.0. The molecule has 0 atom stereocenters. The fraction of sp³-hybridized carbons (Fsp3) is 0.500. The Labute approximate surface area is 116 Å². The lowest BCUT2D eigenvalue weighted by Gasteiger charge is -2.29. The summed E-state index contributed by atoms with van der Waals surface area (Å²) in [7, 11) is 0. The van der Waals surface area contributed by atoms with Crippen molar-refractivity contribution in [3.63, 3.8) is 0 Å². The van der Waals surface area contributed by atoms with Gasteiger partial charge in [0, 0.05) is 19.6 Å². The minimum absolute atomic E-state index is 0.224. The molecule has 20 heavy (non-hydrogen) atoms. The zero-order chi connectivity index (χ0) is 14.5. The summed E-state index contributed by atoms with van der Waals surface area (Å²) >= 11 is 0. The van der Waals surface area contributed by atoms with Gasteiger partial charge in [-0.25, -0.2) is 4.79 Å². The first-order valence-corrected chi connectivity index (χ1v) is 6.41. The molecule has 0 unspecified atom stereocenters. The minimum atomic E-state index is -0.885. The zero-order valence-corrected chi connectivity index (χ0v) is 11.0. The molecule has 2 amide bonds. The van der Waals surface area contributed by atoms with Crippen LogP contribution in [0.3, 0.4) is 0 Å². The van der Waals surface area contributed by atoms with Gasteiger partial charge >= 0.3 is 6.09 Å². The number of aromatic nitrogens is 2. The molecule has 8 heteroatoms. The molecule has 0 bridgehead atoms. The molecule has 1 aromatic heterocycles. The number of carboxylic acid groups (broad SMARTS) is 1. The molecule has 0 aromatic carbocycles. The van der Waals surface area contributed by atoms with Gasteiger partial charge in [0.15, 0.2) is 5.69 Å². The Hall–Kier alpha value is -2.38. The summed E-state index contributed by atoms with van der Waals surface area (Å²) < 4.78 is 0. The number of piperidine rings is 1. The second-order valence-corrected chi connectivity index (χ2v) is 4.77. The SMILES string of the molecule is Nc1ccc(C(=O)NCC2CCN(C(=O)O)CC2)nn1. The Kier molecular flexibility index (Phi) is 4.34. The van der Waals surface area contributed by atoms with Gasteiger partial charge in [-0.15, -0.1) is 10.2 Å². The van der Waals surface area contributed by atoms with Crippen molar-refractivity contribution in [2.75, 3.05) is 25.4 Å². The number of nitrogens with one attached hydrogen (secondary N) is 1. The van der Waals surface area contributed by atoms with Crippen LogP contribution >= 0.6 is 0 Å². The topological polar surface area (TPSA) is 121 Å². The monoisotopic (exact) mass is 279 g/mol. The average Bonchev–Trinajstić information content (AvgIpc) is 2.46. The maximum Gasteiger partial charge on any atom is 0.407 e. The van der Waals surface area contributed by atoms with Gasteiger partial charge in [-0.3, -0.25) is 4.79 Å².